The van der Waals surface area contributed by atoms with E-state index >= 15 is 0 Å². The van der Waals surface area contributed by atoms with Gasteiger partial charge < -0.3 is 4.74 Å². The van der Waals surface area contributed by atoms with Gasteiger partial charge in [0.15, 0.2) is 0 Å². The molecule has 0 saturated heterocycles. The zero-order valence-corrected chi connectivity index (χ0v) is 12.8. The standard InChI is InChI=1S/C16H19NO3S/c1-19-16(18)14(10-15-8-5-9-21-15)11-17-20-12-13-6-3-2-4-7-13/h2-9,14,17H,10-12H2,1H3. The van der Waals surface area contributed by atoms with E-state index in [1.165, 1.54) is 7.11 Å². The van der Waals surface area contributed by atoms with Crippen LogP contribution in [0.3, 0.4) is 0 Å². The molecule has 1 aromatic heterocycles. The lowest BCUT2D eigenvalue weighted by molar-refractivity contribution is -0.146. The van der Waals surface area contributed by atoms with E-state index in [1.54, 1.807) is 11.3 Å². The quantitative estimate of drug-likeness (QED) is 0.463. The number of hydrogen-bond donors (Lipinski definition) is 1. The Kier molecular flexibility index (Phi) is 6.40. The van der Waals surface area contributed by atoms with Crippen LogP contribution < -0.4 is 5.48 Å². The highest BCUT2D eigenvalue weighted by atomic mass is 32.1. The van der Waals surface area contributed by atoms with E-state index in [1.807, 2.05) is 47.8 Å². The van der Waals surface area contributed by atoms with Crippen molar-refractivity contribution < 1.29 is 14.4 Å². The highest BCUT2D eigenvalue weighted by Crippen LogP contribution is 2.15. The number of carbonyl (C=O) groups is 1. The van der Waals surface area contributed by atoms with E-state index in [9.17, 15) is 4.79 Å². The maximum absolute atomic E-state index is 11.8. The van der Waals surface area contributed by atoms with Crippen LogP contribution in [0.5, 0.6) is 0 Å². The number of thiophene rings is 1. The van der Waals surface area contributed by atoms with Gasteiger partial charge in [0.2, 0.25) is 0 Å². The van der Waals surface area contributed by atoms with Gasteiger partial charge in [-0.1, -0.05) is 36.4 Å². The lowest BCUT2D eigenvalue weighted by atomic mass is 10.1. The molecule has 1 aromatic carbocycles. The SMILES string of the molecule is COC(=O)C(CNOCc1ccccc1)Cc1cccs1. The highest BCUT2D eigenvalue weighted by molar-refractivity contribution is 7.09. The summed E-state index contributed by atoms with van der Waals surface area (Å²) in [7, 11) is 1.41. The van der Waals surface area contributed by atoms with Crippen LogP contribution in [0.1, 0.15) is 10.4 Å². The summed E-state index contributed by atoms with van der Waals surface area (Å²) < 4.78 is 4.85. The number of carbonyl (C=O) groups excluding carboxylic acids is 1. The van der Waals surface area contributed by atoms with Gasteiger partial charge in [-0.2, -0.15) is 0 Å². The maximum atomic E-state index is 11.8. The van der Waals surface area contributed by atoms with Crippen molar-refractivity contribution in [2.75, 3.05) is 13.7 Å². The molecule has 4 nitrogen and oxygen atoms in total. The third-order valence-electron chi connectivity index (χ3n) is 3.08. The molecule has 112 valence electrons. The Morgan fingerprint density at radius 1 is 1.24 bits per heavy atom. The molecule has 1 heterocycles. The first-order valence-electron chi connectivity index (χ1n) is 6.78. The van der Waals surface area contributed by atoms with Crippen LogP contribution in [0.2, 0.25) is 0 Å². The van der Waals surface area contributed by atoms with Crippen LogP contribution in [-0.2, 0) is 27.4 Å². The number of esters is 1. The van der Waals surface area contributed by atoms with Crippen LogP contribution in [-0.4, -0.2) is 19.6 Å². The van der Waals surface area contributed by atoms with Gasteiger partial charge in [-0.25, -0.2) is 5.48 Å². The van der Waals surface area contributed by atoms with Crippen molar-refractivity contribution >= 4 is 17.3 Å². The van der Waals surface area contributed by atoms with E-state index in [4.69, 9.17) is 9.57 Å². The largest absolute Gasteiger partial charge is 0.469 e. The molecule has 1 N–H and O–H groups in total. The van der Waals surface area contributed by atoms with Gasteiger partial charge in [0.05, 0.1) is 19.6 Å². The molecule has 5 heteroatoms. The van der Waals surface area contributed by atoms with Gasteiger partial charge in [-0.3, -0.25) is 9.63 Å². The van der Waals surface area contributed by atoms with E-state index in [0.717, 1.165) is 10.4 Å². The van der Waals surface area contributed by atoms with Gasteiger partial charge >= 0.3 is 5.97 Å². The third kappa shape index (κ3) is 5.30. The van der Waals surface area contributed by atoms with Crippen molar-refractivity contribution in [3.63, 3.8) is 0 Å². The summed E-state index contributed by atoms with van der Waals surface area (Å²) in [5, 5.41) is 2.00. The fourth-order valence-electron chi connectivity index (χ4n) is 1.95. The zero-order valence-electron chi connectivity index (χ0n) is 12.0. The fourth-order valence-corrected chi connectivity index (χ4v) is 2.73. The molecule has 0 amide bonds. The molecular formula is C16H19NO3S. The molecule has 1 unspecified atom stereocenters. The van der Waals surface area contributed by atoms with Crippen molar-refractivity contribution in [2.24, 2.45) is 5.92 Å². The summed E-state index contributed by atoms with van der Waals surface area (Å²) in [4.78, 5) is 18.4. The average molecular weight is 305 g/mol. The van der Waals surface area contributed by atoms with Gasteiger partial charge in [0.25, 0.3) is 0 Å². The Bertz CT molecular complexity index is 528. The molecule has 21 heavy (non-hydrogen) atoms. The molecule has 0 aliphatic heterocycles. The number of nitrogens with one attached hydrogen (secondary N) is 1. The Hall–Kier alpha value is -1.69. The number of benzene rings is 1. The van der Waals surface area contributed by atoms with Crippen LogP contribution in [0.4, 0.5) is 0 Å². The summed E-state index contributed by atoms with van der Waals surface area (Å²) in [5.41, 5.74) is 3.95. The van der Waals surface area contributed by atoms with Crippen LogP contribution in [0, 0.1) is 5.92 Å². The van der Waals surface area contributed by atoms with Crippen LogP contribution >= 0.6 is 11.3 Å². The van der Waals surface area contributed by atoms with Gasteiger partial charge in [-0.05, 0) is 23.4 Å². The van der Waals surface area contributed by atoms with Crippen LogP contribution in [0.15, 0.2) is 47.8 Å². The summed E-state index contributed by atoms with van der Waals surface area (Å²) in [6.07, 6.45) is 0.659. The minimum atomic E-state index is -0.246. The first-order chi connectivity index (χ1) is 10.3. The Balaban J connectivity index is 1.78. The molecule has 2 aromatic rings. The first kappa shape index (κ1) is 15.7. The number of hydroxylamine groups is 1. The number of hydrogen-bond acceptors (Lipinski definition) is 5. The van der Waals surface area contributed by atoms with Crippen molar-refractivity contribution in [3.05, 3.63) is 58.3 Å². The molecule has 2 rings (SSSR count). The van der Waals surface area contributed by atoms with E-state index in [2.05, 4.69) is 5.48 Å². The van der Waals surface area contributed by atoms with Crippen molar-refractivity contribution in [2.45, 2.75) is 13.0 Å². The monoisotopic (exact) mass is 305 g/mol. The number of ether oxygens (including phenoxy) is 1. The highest BCUT2D eigenvalue weighted by Gasteiger charge is 2.20. The second kappa shape index (κ2) is 8.56. The summed E-state index contributed by atoms with van der Waals surface area (Å²) in [5.74, 6) is -0.469. The molecule has 0 spiro atoms. The molecule has 1 atom stereocenters. The number of rotatable bonds is 8. The van der Waals surface area contributed by atoms with Crippen molar-refractivity contribution in [1.82, 2.24) is 5.48 Å². The normalized spacial score (nSPS) is 12.0. The van der Waals surface area contributed by atoms with E-state index < -0.39 is 0 Å². The molecule has 0 bridgehead atoms. The zero-order chi connectivity index (χ0) is 14.9. The maximum Gasteiger partial charge on any atom is 0.310 e. The molecule has 0 fully saturated rings. The second-order valence-electron chi connectivity index (χ2n) is 4.63. The predicted octanol–water partition coefficient (Wildman–Crippen LogP) is 2.80. The van der Waals surface area contributed by atoms with E-state index in [0.29, 0.717) is 19.6 Å². The van der Waals surface area contributed by atoms with E-state index in [-0.39, 0.29) is 11.9 Å². The summed E-state index contributed by atoms with van der Waals surface area (Å²) >= 11 is 1.64. The molecule has 0 saturated carbocycles. The summed E-state index contributed by atoms with van der Waals surface area (Å²) in [6.45, 7) is 0.894. The minimum absolute atomic E-state index is 0.223. The Morgan fingerprint density at radius 3 is 2.71 bits per heavy atom. The fraction of sp³-hybridized carbons (Fsp3) is 0.312. The topological polar surface area (TPSA) is 47.6 Å². The summed E-state index contributed by atoms with van der Waals surface area (Å²) in [6, 6.07) is 13.9. The first-order valence-corrected chi connectivity index (χ1v) is 7.66. The van der Waals surface area contributed by atoms with Gasteiger partial charge in [-0.15, -0.1) is 11.3 Å². The van der Waals surface area contributed by atoms with Gasteiger partial charge in [0.1, 0.15) is 0 Å². The third-order valence-corrected chi connectivity index (χ3v) is 3.97. The molecular weight excluding hydrogens is 286 g/mol. The molecule has 0 aliphatic rings. The lowest BCUT2D eigenvalue weighted by Gasteiger charge is -2.14. The molecule has 0 radical (unpaired) electrons. The number of methoxy groups -OCH3 is 1. The van der Waals surface area contributed by atoms with Crippen LogP contribution in [0.25, 0.3) is 0 Å². The Labute approximate surface area is 128 Å². The second-order valence-corrected chi connectivity index (χ2v) is 5.66. The average Bonchev–Trinajstić information content (AvgIpc) is 3.03. The predicted molar refractivity (Wildman–Crippen MR) is 82.8 cm³/mol. The Morgan fingerprint density at radius 2 is 2.05 bits per heavy atom. The lowest BCUT2D eigenvalue weighted by Crippen LogP contribution is -2.31. The van der Waals surface area contributed by atoms with Gasteiger partial charge in [0, 0.05) is 11.4 Å². The van der Waals surface area contributed by atoms with Crippen molar-refractivity contribution in [1.29, 1.82) is 0 Å². The van der Waals surface area contributed by atoms with Crippen molar-refractivity contribution in [3.8, 4) is 0 Å². The molecule has 0 aliphatic carbocycles. The smallest absolute Gasteiger partial charge is 0.310 e. The minimum Gasteiger partial charge on any atom is -0.469 e.